The number of sulfonamides is 1. The third-order valence-electron chi connectivity index (χ3n) is 3.19. The van der Waals surface area contributed by atoms with Crippen LogP contribution in [-0.4, -0.2) is 46.6 Å². The molecule has 1 aromatic rings. The Morgan fingerprint density at radius 2 is 2.00 bits per heavy atom. The Labute approximate surface area is 136 Å². The van der Waals surface area contributed by atoms with Crippen molar-refractivity contribution >= 4 is 33.2 Å². The second-order valence-electron chi connectivity index (χ2n) is 4.69. The molecule has 0 aromatic heterocycles. The van der Waals surface area contributed by atoms with Gasteiger partial charge < -0.3 is 10.1 Å². The first-order valence-corrected chi connectivity index (χ1v) is 8.55. The van der Waals surface area contributed by atoms with Crippen LogP contribution >= 0.6 is 23.2 Å². The molecule has 120 valence electrons. The summed E-state index contributed by atoms with van der Waals surface area (Å²) in [6.07, 6.45) is 0. The largest absolute Gasteiger partial charge is 0.383 e. The third-order valence-corrected chi connectivity index (χ3v) is 6.10. The van der Waals surface area contributed by atoms with E-state index in [0.29, 0.717) is 23.7 Å². The van der Waals surface area contributed by atoms with E-state index in [9.17, 15) is 8.42 Å². The highest BCUT2D eigenvalue weighted by Gasteiger charge is 2.28. The van der Waals surface area contributed by atoms with Crippen molar-refractivity contribution in [3.05, 3.63) is 27.7 Å². The quantitative estimate of drug-likeness (QED) is 0.816. The topological polar surface area (TPSA) is 58.6 Å². The summed E-state index contributed by atoms with van der Waals surface area (Å²) in [7, 11) is 1.05. The molecular formula is C13H20Cl2N2O3S. The van der Waals surface area contributed by atoms with E-state index >= 15 is 0 Å². The number of nitrogens with one attached hydrogen (secondary N) is 1. The molecule has 0 saturated carbocycles. The van der Waals surface area contributed by atoms with Crippen LogP contribution in [0.1, 0.15) is 12.5 Å². The number of hydrogen-bond donors (Lipinski definition) is 1. The van der Waals surface area contributed by atoms with E-state index in [1.165, 1.54) is 24.5 Å². The summed E-state index contributed by atoms with van der Waals surface area (Å²) >= 11 is 12.3. The predicted molar refractivity (Wildman–Crippen MR) is 85.5 cm³/mol. The van der Waals surface area contributed by atoms with E-state index in [-0.39, 0.29) is 16.0 Å². The van der Waals surface area contributed by atoms with E-state index < -0.39 is 10.0 Å². The van der Waals surface area contributed by atoms with Gasteiger partial charge in [0.2, 0.25) is 10.0 Å². The van der Waals surface area contributed by atoms with Crippen molar-refractivity contribution in [2.75, 3.05) is 27.8 Å². The van der Waals surface area contributed by atoms with Gasteiger partial charge in [-0.3, -0.25) is 0 Å². The fraction of sp³-hybridized carbons (Fsp3) is 0.538. The normalized spacial score (nSPS) is 13.7. The fourth-order valence-corrected chi connectivity index (χ4v) is 4.08. The molecule has 8 heteroatoms. The lowest BCUT2D eigenvalue weighted by Gasteiger charge is -2.24. The first-order chi connectivity index (χ1) is 9.77. The molecule has 1 atom stereocenters. The predicted octanol–water partition coefficient (Wildman–Crippen LogP) is 2.37. The Bertz CT molecular complexity index is 593. The number of ether oxygens (including phenoxy) is 1. The summed E-state index contributed by atoms with van der Waals surface area (Å²) in [5.41, 5.74) is 0.565. The first kappa shape index (κ1) is 18.7. The molecule has 1 rings (SSSR count). The lowest BCUT2D eigenvalue weighted by atomic mass is 10.2. The van der Waals surface area contributed by atoms with E-state index in [4.69, 9.17) is 27.9 Å². The van der Waals surface area contributed by atoms with Crippen LogP contribution < -0.4 is 5.32 Å². The Morgan fingerprint density at radius 1 is 1.38 bits per heavy atom. The van der Waals surface area contributed by atoms with Gasteiger partial charge in [-0.25, -0.2) is 8.42 Å². The van der Waals surface area contributed by atoms with Gasteiger partial charge in [0.1, 0.15) is 4.90 Å². The van der Waals surface area contributed by atoms with E-state index in [1.807, 2.05) is 0 Å². The smallest absolute Gasteiger partial charge is 0.244 e. The molecule has 0 amide bonds. The molecule has 0 aliphatic heterocycles. The van der Waals surface area contributed by atoms with E-state index in [2.05, 4.69) is 5.32 Å². The van der Waals surface area contributed by atoms with Crippen LogP contribution in [0.2, 0.25) is 10.0 Å². The molecule has 0 aliphatic rings. The van der Waals surface area contributed by atoms with E-state index in [0.717, 1.165) is 0 Å². The van der Waals surface area contributed by atoms with Gasteiger partial charge in [0.25, 0.3) is 0 Å². The van der Waals surface area contributed by atoms with Crippen LogP contribution in [0.3, 0.4) is 0 Å². The second kappa shape index (κ2) is 7.76. The Kier molecular flexibility index (Phi) is 6.90. The highest BCUT2D eigenvalue weighted by Crippen LogP contribution is 2.32. The van der Waals surface area contributed by atoms with Crippen molar-refractivity contribution in [1.29, 1.82) is 0 Å². The van der Waals surface area contributed by atoms with Gasteiger partial charge in [-0.15, -0.1) is 0 Å². The summed E-state index contributed by atoms with van der Waals surface area (Å²) in [4.78, 5) is 0.0456. The van der Waals surface area contributed by atoms with Gasteiger partial charge in [0.15, 0.2) is 0 Å². The standard InChI is InChI=1S/C13H20Cl2N2O3S/c1-9(8-20-4)17(3)21(18,19)12-6-5-11(14)10(7-16-2)13(12)15/h5-6,9,16H,7-8H2,1-4H3. The summed E-state index contributed by atoms with van der Waals surface area (Å²) < 4.78 is 31.6. The number of likely N-dealkylation sites (N-methyl/N-ethyl adjacent to an activating group) is 1. The van der Waals surface area contributed by atoms with Crippen LogP contribution in [-0.2, 0) is 21.3 Å². The average Bonchev–Trinajstić information content (AvgIpc) is 2.42. The fourth-order valence-electron chi connectivity index (χ4n) is 1.85. The van der Waals surface area contributed by atoms with Gasteiger partial charge in [-0.05, 0) is 26.1 Å². The van der Waals surface area contributed by atoms with Crippen LogP contribution in [0, 0.1) is 0 Å². The minimum Gasteiger partial charge on any atom is -0.383 e. The lowest BCUT2D eigenvalue weighted by molar-refractivity contribution is 0.149. The number of nitrogens with zero attached hydrogens (tertiary/aromatic N) is 1. The van der Waals surface area contributed by atoms with Gasteiger partial charge >= 0.3 is 0 Å². The molecular weight excluding hydrogens is 335 g/mol. The highest BCUT2D eigenvalue weighted by atomic mass is 35.5. The van der Waals surface area contributed by atoms with E-state index in [1.54, 1.807) is 20.0 Å². The Balaban J connectivity index is 3.29. The van der Waals surface area contributed by atoms with Crippen molar-refractivity contribution in [1.82, 2.24) is 9.62 Å². The number of hydrogen-bond acceptors (Lipinski definition) is 4. The number of rotatable bonds is 7. The van der Waals surface area contributed by atoms with Crippen LogP contribution in [0.4, 0.5) is 0 Å². The summed E-state index contributed by atoms with van der Waals surface area (Å²) in [6.45, 7) is 2.45. The number of methoxy groups -OCH3 is 1. The number of benzene rings is 1. The van der Waals surface area contributed by atoms with Crippen LogP contribution in [0.25, 0.3) is 0 Å². The molecule has 0 spiro atoms. The summed E-state index contributed by atoms with van der Waals surface area (Å²) in [5.74, 6) is 0. The molecule has 5 nitrogen and oxygen atoms in total. The molecule has 21 heavy (non-hydrogen) atoms. The zero-order chi connectivity index (χ0) is 16.2. The zero-order valence-electron chi connectivity index (χ0n) is 12.5. The van der Waals surface area contributed by atoms with Crippen molar-refractivity contribution < 1.29 is 13.2 Å². The zero-order valence-corrected chi connectivity index (χ0v) is 14.8. The molecule has 0 heterocycles. The average molecular weight is 355 g/mol. The van der Waals surface area contributed by atoms with Crippen molar-refractivity contribution in [2.24, 2.45) is 0 Å². The molecule has 1 unspecified atom stereocenters. The minimum absolute atomic E-state index is 0.0456. The molecule has 0 fully saturated rings. The van der Waals surface area contributed by atoms with Gasteiger partial charge in [0, 0.05) is 37.3 Å². The molecule has 0 saturated heterocycles. The SMILES string of the molecule is CNCc1c(Cl)ccc(S(=O)(=O)N(C)C(C)COC)c1Cl. The number of halogens is 2. The van der Waals surface area contributed by atoms with Gasteiger partial charge in [-0.2, -0.15) is 4.31 Å². The second-order valence-corrected chi connectivity index (χ2v) is 7.45. The highest BCUT2D eigenvalue weighted by molar-refractivity contribution is 7.89. The summed E-state index contributed by atoms with van der Waals surface area (Å²) in [6, 6.07) is 2.66. The maximum absolute atomic E-state index is 12.7. The molecule has 0 aliphatic carbocycles. The molecule has 0 bridgehead atoms. The third kappa shape index (κ3) is 4.09. The Hall–Kier alpha value is -0.370. The lowest BCUT2D eigenvalue weighted by Crippen LogP contribution is -2.38. The summed E-state index contributed by atoms with van der Waals surface area (Å²) in [5, 5.41) is 3.50. The Morgan fingerprint density at radius 3 is 2.52 bits per heavy atom. The molecule has 1 aromatic carbocycles. The molecule has 1 N–H and O–H groups in total. The van der Waals surface area contributed by atoms with Crippen LogP contribution in [0.5, 0.6) is 0 Å². The first-order valence-electron chi connectivity index (χ1n) is 6.35. The monoisotopic (exact) mass is 354 g/mol. The minimum atomic E-state index is -3.71. The molecule has 0 radical (unpaired) electrons. The van der Waals surface area contributed by atoms with Crippen LogP contribution in [0.15, 0.2) is 17.0 Å². The maximum atomic E-state index is 12.7. The van der Waals surface area contributed by atoms with Gasteiger partial charge in [0.05, 0.1) is 11.6 Å². The van der Waals surface area contributed by atoms with Crippen molar-refractivity contribution in [2.45, 2.75) is 24.4 Å². The van der Waals surface area contributed by atoms with Gasteiger partial charge in [-0.1, -0.05) is 23.2 Å². The maximum Gasteiger partial charge on any atom is 0.244 e. The van der Waals surface area contributed by atoms with Crippen molar-refractivity contribution in [3.8, 4) is 0 Å². The van der Waals surface area contributed by atoms with Crippen molar-refractivity contribution in [3.63, 3.8) is 0 Å².